The number of anilines is 1. The quantitative estimate of drug-likeness (QED) is 0.501. The standard InChI is InChI=1S/C19H14Cl2FN5O/c1-28-17-6-11(2-4-14(17)21)8-23-18-13-9-26-27(19(13)25-10-24-18)16-5-3-12(20)7-15(16)22/h2-7,9-10H,8H2,1H3,(H,23,24,25). The highest BCUT2D eigenvalue weighted by Gasteiger charge is 2.14. The Morgan fingerprint density at radius 2 is 2.00 bits per heavy atom. The smallest absolute Gasteiger partial charge is 0.168 e. The molecule has 0 spiro atoms. The van der Waals surface area contributed by atoms with E-state index in [0.29, 0.717) is 39.2 Å². The van der Waals surface area contributed by atoms with E-state index in [-0.39, 0.29) is 5.69 Å². The van der Waals surface area contributed by atoms with Crippen molar-refractivity contribution in [1.29, 1.82) is 0 Å². The van der Waals surface area contributed by atoms with Crippen molar-refractivity contribution in [1.82, 2.24) is 19.7 Å². The summed E-state index contributed by atoms with van der Waals surface area (Å²) in [5.41, 5.74) is 1.70. The molecule has 2 aromatic heterocycles. The monoisotopic (exact) mass is 417 g/mol. The van der Waals surface area contributed by atoms with Crippen LogP contribution in [0.15, 0.2) is 48.9 Å². The molecule has 0 saturated carbocycles. The Kier molecular flexibility index (Phi) is 5.02. The first-order valence-corrected chi connectivity index (χ1v) is 9.03. The number of nitrogens with zero attached hydrogens (tertiary/aromatic N) is 4. The number of nitrogens with one attached hydrogen (secondary N) is 1. The molecule has 0 radical (unpaired) electrons. The zero-order valence-corrected chi connectivity index (χ0v) is 16.2. The molecule has 2 heterocycles. The topological polar surface area (TPSA) is 64.9 Å². The number of halogens is 3. The Morgan fingerprint density at radius 3 is 2.79 bits per heavy atom. The van der Waals surface area contributed by atoms with Crippen molar-refractivity contribution >= 4 is 40.1 Å². The van der Waals surface area contributed by atoms with Gasteiger partial charge in [0, 0.05) is 11.6 Å². The van der Waals surface area contributed by atoms with E-state index in [9.17, 15) is 4.39 Å². The lowest BCUT2D eigenvalue weighted by atomic mass is 10.2. The number of ether oxygens (including phenoxy) is 1. The SMILES string of the molecule is COc1cc(CNc2ncnc3c2cnn3-c2ccc(Cl)cc2F)ccc1Cl. The zero-order chi connectivity index (χ0) is 19.7. The fourth-order valence-corrected chi connectivity index (χ4v) is 3.17. The third kappa shape index (κ3) is 3.46. The van der Waals surface area contributed by atoms with Gasteiger partial charge in [0.25, 0.3) is 0 Å². The fourth-order valence-electron chi connectivity index (χ4n) is 2.81. The van der Waals surface area contributed by atoms with E-state index in [1.807, 2.05) is 12.1 Å². The average molecular weight is 418 g/mol. The van der Waals surface area contributed by atoms with Gasteiger partial charge in [-0.1, -0.05) is 29.3 Å². The van der Waals surface area contributed by atoms with Crippen molar-refractivity contribution in [2.75, 3.05) is 12.4 Å². The summed E-state index contributed by atoms with van der Waals surface area (Å²) in [7, 11) is 1.57. The highest BCUT2D eigenvalue weighted by atomic mass is 35.5. The molecule has 0 saturated heterocycles. The van der Waals surface area contributed by atoms with Gasteiger partial charge in [-0.05, 0) is 35.9 Å². The molecule has 2 aromatic carbocycles. The lowest BCUT2D eigenvalue weighted by Gasteiger charge is -2.09. The Balaban J connectivity index is 1.65. The number of fused-ring (bicyclic) bond motifs is 1. The summed E-state index contributed by atoms with van der Waals surface area (Å²) in [6.45, 7) is 0.486. The van der Waals surface area contributed by atoms with Crippen LogP contribution in [0.5, 0.6) is 5.75 Å². The number of benzene rings is 2. The number of rotatable bonds is 5. The van der Waals surface area contributed by atoms with E-state index in [4.69, 9.17) is 27.9 Å². The zero-order valence-electron chi connectivity index (χ0n) is 14.7. The van der Waals surface area contributed by atoms with Crippen molar-refractivity contribution in [3.05, 3.63) is 70.3 Å². The van der Waals surface area contributed by atoms with Crippen LogP contribution in [0.4, 0.5) is 10.2 Å². The van der Waals surface area contributed by atoms with Crippen LogP contribution >= 0.6 is 23.2 Å². The van der Waals surface area contributed by atoms with Crippen molar-refractivity contribution in [3.8, 4) is 11.4 Å². The van der Waals surface area contributed by atoms with Crippen LogP contribution in [0, 0.1) is 5.82 Å². The molecule has 4 aromatic rings. The van der Waals surface area contributed by atoms with Gasteiger partial charge in [-0.3, -0.25) is 0 Å². The second kappa shape index (κ2) is 7.61. The molecule has 142 valence electrons. The van der Waals surface area contributed by atoms with Gasteiger partial charge < -0.3 is 10.1 Å². The molecular formula is C19H14Cl2FN5O. The average Bonchev–Trinajstić information content (AvgIpc) is 3.12. The molecule has 0 bridgehead atoms. The second-order valence-electron chi connectivity index (χ2n) is 5.93. The van der Waals surface area contributed by atoms with Gasteiger partial charge in [-0.25, -0.2) is 19.0 Å². The predicted molar refractivity (Wildman–Crippen MR) is 107 cm³/mol. The second-order valence-corrected chi connectivity index (χ2v) is 6.78. The Morgan fingerprint density at radius 1 is 1.14 bits per heavy atom. The highest BCUT2D eigenvalue weighted by molar-refractivity contribution is 6.32. The molecule has 0 atom stereocenters. The van der Waals surface area contributed by atoms with Crippen LogP contribution in [-0.2, 0) is 6.54 Å². The Labute approximate surface area is 169 Å². The van der Waals surface area contributed by atoms with Crippen LogP contribution in [-0.4, -0.2) is 26.9 Å². The van der Waals surface area contributed by atoms with Crippen molar-refractivity contribution in [3.63, 3.8) is 0 Å². The summed E-state index contributed by atoms with van der Waals surface area (Å²) in [6.07, 6.45) is 2.99. The first kappa shape index (κ1) is 18.5. The molecule has 4 rings (SSSR count). The molecule has 0 fully saturated rings. The van der Waals surface area contributed by atoms with E-state index in [2.05, 4.69) is 20.4 Å². The number of hydrogen-bond donors (Lipinski definition) is 1. The molecule has 9 heteroatoms. The van der Waals surface area contributed by atoms with Crippen LogP contribution in [0.25, 0.3) is 16.7 Å². The van der Waals surface area contributed by atoms with Crippen molar-refractivity contribution in [2.24, 2.45) is 0 Å². The van der Waals surface area contributed by atoms with Gasteiger partial charge in [0.1, 0.15) is 29.4 Å². The molecule has 0 unspecified atom stereocenters. The van der Waals surface area contributed by atoms with Crippen LogP contribution in [0.1, 0.15) is 5.56 Å². The van der Waals surface area contributed by atoms with E-state index in [1.54, 1.807) is 31.5 Å². The normalized spacial score (nSPS) is 11.0. The Hall–Kier alpha value is -2.90. The maximum atomic E-state index is 14.3. The van der Waals surface area contributed by atoms with Gasteiger partial charge in [-0.15, -0.1) is 0 Å². The van der Waals surface area contributed by atoms with Crippen LogP contribution in [0.3, 0.4) is 0 Å². The molecular weight excluding hydrogens is 404 g/mol. The molecule has 1 N–H and O–H groups in total. The first-order chi connectivity index (χ1) is 13.6. The number of methoxy groups -OCH3 is 1. The van der Waals surface area contributed by atoms with Gasteiger partial charge in [0.15, 0.2) is 5.65 Å². The van der Waals surface area contributed by atoms with Gasteiger partial charge >= 0.3 is 0 Å². The summed E-state index contributed by atoms with van der Waals surface area (Å²) >= 11 is 11.9. The Bertz CT molecular complexity index is 1160. The highest BCUT2D eigenvalue weighted by Crippen LogP contribution is 2.27. The lowest BCUT2D eigenvalue weighted by Crippen LogP contribution is -2.04. The molecule has 0 aliphatic rings. The summed E-state index contributed by atoms with van der Waals surface area (Å²) in [5, 5.41) is 9.03. The maximum absolute atomic E-state index is 14.3. The third-order valence-corrected chi connectivity index (χ3v) is 4.73. The minimum Gasteiger partial charge on any atom is -0.495 e. The summed E-state index contributed by atoms with van der Waals surface area (Å²) in [5.74, 6) is 0.693. The molecule has 0 aliphatic heterocycles. The predicted octanol–water partition coefficient (Wildman–Crippen LogP) is 4.88. The minimum atomic E-state index is -0.487. The van der Waals surface area contributed by atoms with Crippen molar-refractivity contribution in [2.45, 2.75) is 6.54 Å². The summed E-state index contributed by atoms with van der Waals surface area (Å²) < 4.78 is 20.9. The van der Waals surface area contributed by atoms with Crippen LogP contribution in [0.2, 0.25) is 10.0 Å². The third-order valence-electron chi connectivity index (χ3n) is 4.18. The molecule has 28 heavy (non-hydrogen) atoms. The van der Waals surface area contributed by atoms with Crippen LogP contribution < -0.4 is 10.1 Å². The fraction of sp³-hybridized carbons (Fsp3) is 0.105. The van der Waals surface area contributed by atoms with E-state index < -0.39 is 5.82 Å². The summed E-state index contributed by atoms with van der Waals surface area (Å²) in [4.78, 5) is 8.53. The molecule has 0 amide bonds. The molecule has 6 nitrogen and oxygen atoms in total. The largest absolute Gasteiger partial charge is 0.495 e. The maximum Gasteiger partial charge on any atom is 0.168 e. The lowest BCUT2D eigenvalue weighted by molar-refractivity contribution is 0.414. The minimum absolute atomic E-state index is 0.256. The number of aromatic nitrogens is 4. The number of hydrogen-bond acceptors (Lipinski definition) is 5. The van der Waals surface area contributed by atoms with E-state index >= 15 is 0 Å². The van der Waals surface area contributed by atoms with Gasteiger partial charge in [-0.2, -0.15) is 5.10 Å². The van der Waals surface area contributed by atoms with E-state index in [1.165, 1.54) is 17.1 Å². The van der Waals surface area contributed by atoms with Crippen molar-refractivity contribution < 1.29 is 9.13 Å². The first-order valence-electron chi connectivity index (χ1n) is 8.27. The van der Waals surface area contributed by atoms with E-state index in [0.717, 1.165) is 5.56 Å². The van der Waals surface area contributed by atoms with Gasteiger partial charge in [0.2, 0.25) is 0 Å². The summed E-state index contributed by atoms with van der Waals surface area (Å²) in [6, 6.07) is 9.90. The molecule has 0 aliphatic carbocycles. The van der Waals surface area contributed by atoms with Gasteiger partial charge in [0.05, 0.1) is 23.7 Å².